The minimum absolute atomic E-state index is 0.100. The van der Waals surface area contributed by atoms with Crippen LogP contribution in [0, 0.1) is 10.1 Å². The van der Waals surface area contributed by atoms with E-state index in [2.05, 4.69) is 11.4 Å². The van der Waals surface area contributed by atoms with E-state index in [-0.39, 0.29) is 23.3 Å². The van der Waals surface area contributed by atoms with Gasteiger partial charge in [-0.25, -0.2) is 0 Å². The summed E-state index contributed by atoms with van der Waals surface area (Å²) in [5.74, 6) is -0.347. The van der Waals surface area contributed by atoms with Gasteiger partial charge in [0.2, 0.25) is 0 Å². The van der Waals surface area contributed by atoms with Gasteiger partial charge in [0.15, 0.2) is 0 Å². The van der Waals surface area contributed by atoms with E-state index >= 15 is 0 Å². The summed E-state index contributed by atoms with van der Waals surface area (Å²) in [6.07, 6.45) is 0.675. The largest absolute Gasteiger partial charge is 0.371 e. The van der Waals surface area contributed by atoms with Crippen LogP contribution in [0.15, 0.2) is 48.5 Å². The number of carbonyl (C=O) groups excluding carboxylic acids is 1. The number of hydrogen-bond donors (Lipinski definition) is 1. The van der Waals surface area contributed by atoms with Gasteiger partial charge in [-0.2, -0.15) is 0 Å². The quantitative estimate of drug-likeness (QED) is 0.695. The highest BCUT2D eigenvalue weighted by Gasteiger charge is 2.21. The molecule has 23 heavy (non-hydrogen) atoms. The van der Waals surface area contributed by atoms with Gasteiger partial charge < -0.3 is 10.1 Å². The van der Waals surface area contributed by atoms with Crippen molar-refractivity contribution in [2.45, 2.75) is 12.5 Å². The van der Waals surface area contributed by atoms with Crippen LogP contribution >= 0.6 is 0 Å². The molecule has 1 amide bonds. The lowest BCUT2D eigenvalue weighted by Crippen LogP contribution is -2.31. The molecular formula is C17H16N2O4. The van der Waals surface area contributed by atoms with E-state index in [0.717, 1.165) is 12.0 Å². The van der Waals surface area contributed by atoms with Crippen molar-refractivity contribution in [2.24, 2.45) is 0 Å². The Kier molecular flexibility index (Phi) is 4.34. The summed E-state index contributed by atoms with van der Waals surface area (Å²) in [7, 11) is 0. The van der Waals surface area contributed by atoms with Crippen molar-refractivity contribution in [1.82, 2.24) is 5.32 Å². The van der Waals surface area contributed by atoms with Crippen LogP contribution in [0.25, 0.3) is 0 Å². The normalized spacial score (nSPS) is 16.4. The zero-order valence-electron chi connectivity index (χ0n) is 12.4. The van der Waals surface area contributed by atoms with Gasteiger partial charge in [0.25, 0.3) is 11.6 Å². The maximum Gasteiger partial charge on any atom is 0.270 e. The topological polar surface area (TPSA) is 81.5 Å². The lowest BCUT2D eigenvalue weighted by molar-refractivity contribution is -0.384. The second-order valence-electron chi connectivity index (χ2n) is 5.33. The molecule has 118 valence electrons. The Labute approximate surface area is 133 Å². The number of fused-ring (bicyclic) bond motifs is 1. The highest BCUT2D eigenvalue weighted by Crippen LogP contribution is 2.26. The highest BCUT2D eigenvalue weighted by molar-refractivity contribution is 5.94. The number of non-ortho nitro benzene ring substituents is 1. The van der Waals surface area contributed by atoms with Gasteiger partial charge in [-0.1, -0.05) is 30.3 Å². The second-order valence-corrected chi connectivity index (χ2v) is 5.33. The van der Waals surface area contributed by atoms with Gasteiger partial charge in [0.05, 0.1) is 11.5 Å². The number of hydrogen-bond acceptors (Lipinski definition) is 4. The van der Waals surface area contributed by atoms with Crippen molar-refractivity contribution >= 4 is 11.6 Å². The Morgan fingerprint density at radius 2 is 2.09 bits per heavy atom. The molecule has 0 bridgehead atoms. The van der Waals surface area contributed by atoms with Crippen molar-refractivity contribution in [3.63, 3.8) is 0 Å². The molecule has 6 heteroatoms. The third-order valence-electron chi connectivity index (χ3n) is 3.86. The van der Waals surface area contributed by atoms with Crippen LogP contribution in [0.4, 0.5) is 5.69 Å². The lowest BCUT2D eigenvalue weighted by Gasteiger charge is -2.26. The van der Waals surface area contributed by atoms with Crippen LogP contribution in [0.1, 0.15) is 27.6 Å². The SMILES string of the molecule is O=C(NC[C@@H]1OCCc2ccccc21)c1cccc([N+](=O)[O-])c1. The Hall–Kier alpha value is -2.73. The highest BCUT2D eigenvalue weighted by atomic mass is 16.6. The van der Waals surface area contributed by atoms with Crippen LogP contribution in [0.3, 0.4) is 0 Å². The number of benzene rings is 2. The maximum atomic E-state index is 12.2. The fourth-order valence-corrected chi connectivity index (χ4v) is 2.69. The van der Waals surface area contributed by atoms with Crippen molar-refractivity contribution in [2.75, 3.05) is 13.2 Å². The minimum Gasteiger partial charge on any atom is -0.371 e. The van der Waals surface area contributed by atoms with Crippen LogP contribution in [0.2, 0.25) is 0 Å². The molecule has 0 saturated heterocycles. The van der Waals surface area contributed by atoms with Crippen molar-refractivity contribution in [3.05, 3.63) is 75.3 Å². The predicted molar refractivity (Wildman–Crippen MR) is 84.3 cm³/mol. The number of nitrogens with one attached hydrogen (secondary N) is 1. The first-order valence-corrected chi connectivity index (χ1v) is 7.37. The molecule has 0 unspecified atom stereocenters. The standard InChI is InChI=1S/C17H16N2O4/c20-17(13-5-3-6-14(10-13)19(21)22)18-11-16-15-7-2-1-4-12(15)8-9-23-16/h1-7,10,16H,8-9,11H2,(H,18,20)/t16-/m0/s1. The molecule has 1 N–H and O–H groups in total. The van der Waals surface area contributed by atoms with E-state index < -0.39 is 4.92 Å². The Bertz CT molecular complexity index is 745. The van der Waals surface area contributed by atoms with Gasteiger partial charge in [0.1, 0.15) is 6.10 Å². The van der Waals surface area contributed by atoms with Crippen molar-refractivity contribution < 1.29 is 14.5 Å². The summed E-state index contributed by atoms with van der Waals surface area (Å²) in [4.78, 5) is 22.4. The third-order valence-corrected chi connectivity index (χ3v) is 3.86. The van der Waals surface area contributed by atoms with Crippen LogP contribution in [0.5, 0.6) is 0 Å². The van der Waals surface area contributed by atoms with Crippen LogP contribution in [-0.2, 0) is 11.2 Å². The van der Waals surface area contributed by atoms with Crippen LogP contribution < -0.4 is 5.32 Å². The second kappa shape index (κ2) is 6.58. The number of rotatable bonds is 4. The van der Waals surface area contributed by atoms with Gasteiger partial charge in [-0.3, -0.25) is 14.9 Å². The first kappa shape index (κ1) is 15.2. The first-order valence-electron chi connectivity index (χ1n) is 7.37. The van der Waals surface area contributed by atoms with E-state index in [1.807, 2.05) is 18.2 Å². The number of ether oxygens (including phenoxy) is 1. The zero-order chi connectivity index (χ0) is 16.2. The summed E-state index contributed by atoms with van der Waals surface area (Å²) in [5.41, 5.74) is 2.48. The number of amides is 1. The van der Waals surface area contributed by atoms with Crippen LogP contribution in [-0.4, -0.2) is 24.0 Å². The molecule has 1 atom stereocenters. The zero-order valence-corrected chi connectivity index (χ0v) is 12.4. The molecule has 0 radical (unpaired) electrons. The van der Waals surface area contributed by atoms with Gasteiger partial charge in [-0.15, -0.1) is 0 Å². The fourth-order valence-electron chi connectivity index (χ4n) is 2.69. The molecule has 1 heterocycles. The molecule has 0 spiro atoms. The van der Waals surface area contributed by atoms with Gasteiger partial charge >= 0.3 is 0 Å². The van der Waals surface area contributed by atoms with E-state index in [1.165, 1.54) is 23.8 Å². The van der Waals surface area contributed by atoms with Gasteiger partial charge in [0, 0.05) is 24.2 Å². The maximum absolute atomic E-state index is 12.2. The first-order chi connectivity index (χ1) is 11.1. The summed E-state index contributed by atoms with van der Waals surface area (Å²) >= 11 is 0. The number of carbonyl (C=O) groups is 1. The summed E-state index contributed by atoms with van der Waals surface area (Å²) in [6.45, 7) is 0.951. The van der Waals surface area contributed by atoms with E-state index in [9.17, 15) is 14.9 Å². The molecular weight excluding hydrogens is 296 g/mol. The Balaban J connectivity index is 1.68. The molecule has 3 rings (SSSR count). The minimum atomic E-state index is -0.517. The van der Waals surface area contributed by atoms with E-state index in [1.54, 1.807) is 6.07 Å². The van der Waals surface area contributed by atoms with Crippen molar-refractivity contribution in [3.8, 4) is 0 Å². The summed E-state index contributed by atoms with van der Waals surface area (Å²) < 4.78 is 5.73. The molecule has 0 aromatic heterocycles. The average molecular weight is 312 g/mol. The Morgan fingerprint density at radius 3 is 2.91 bits per heavy atom. The monoisotopic (exact) mass is 312 g/mol. The number of nitro benzene ring substituents is 1. The molecule has 2 aromatic carbocycles. The number of nitro groups is 1. The predicted octanol–water partition coefficient (Wildman–Crippen LogP) is 2.64. The third kappa shape index (κ3) is 3.37. The Morgan fingerprint density at radius 1 is 1.26 bits per heavy atom. The summed E-state index contributed by atoms with van der Waals surface area (Å²) in [6, 6.07) is 13.7. The molecule has 1 aliphatic rings. The van der Waals surface area contributed by atoms with E-state index in [4.69, 9.17) is 4.74 Å². The average Bonchev–Trinajstić information content (AvgIpc) is 2.59. The summed E-state index contributed by atoms with van der Waals surface area (Å²) in [5, 5.41) is 13.6. The molecule has 1 aliphatic heterocycles. The molecule has 2 aromatic rings. The fraction of sp³-hybridized carbons (Fsp3) is 0.235. The molecule has 0 fully saturated rings. The molecule has 0 aliphatic carbocycles. The number of nitrogens with zero attached hydrogens (tertiary/aromatic N) is 1. The van der Waals surface area contributed by atoms with Crippen molar-refractivity contribution in [1.29, 1.82) is 0 Å². The van der Waals surface area contributed by atoms with E-state index in [0.29, 0.717) is 13.2 Å². The molecule has 0 saturated carbocycles. The molecule has 6 nitrogen and oxygen atoms in total. The smallest absolute Gasteiger partial charge is 0.270 e. The lowest BCUT2D eigenvalue weighted by atomic mass is 9.97. The van der Waals surface area contributed by atoms with Gasteiger partial charge in [-0.05, 0) is 23.6 Å².